The molecule has 0 bridgehead atoms. The fraction of sp³-hybridized carbons (Fsp3) is 1.00. The van der Waals surface area contributed by atoms with Gasteiger partial charge in [-0.1, -0.05) is 169 Å². The fourth-order valence-electron chi connectivity index (χ4n) is 2.36. The molecular weight excluding hydrogens is 425 g/mol. The first-order valence-corrected chi connectivity index (χ1v) is 28.1. The molecule has 0 amide bonds. The average molecular weight is 493 g/mol. The van der Waals surface area contributed by atoms with E-state index in [-0.39, 0.29) is 0 Å². The molecule has 0 aliphatic heterocycles. The molecule has 0 saturated heterocycles. The first-order chi connectivity index (χ1) is 13.2. The molecule has 0 aromatic heterocycles. The van der Waals surface area contributed by atoms with E-state index < -0.39 is 32.3 Å². The van der Waals surface area contributed by atoms with Crippen molar-refractivity contribution in [2.75, 3.05) is 0 Å². The van der Waals surface area contributed by atoms with Crippen LogP contribution in [0.15, 0.2) is 0 Å². The maximum Gasteiger partial charge on any atom is 0.0442 e. The van der Waals surface area contributed by atoms with Gasteiger partial charge in [-0.05, 0) is 0 Å². The Morgan fingerprint density at radius 3 is 0.767 bits per heavy atom. The van der Waals surface area contributed by atoms with Gasteiger partial charge < -0.3 is 0 Å². The quantitative estimate of drug-likeness (QED) is 0.210. The minimum Gasteiger partial charge on any atom is -0.0696 e. The van der Waals surface area contributed by atoms with E-state index in [0.717, 1.165) is 0 Å². The summed E-state index contributed by atoms with van der Waals surface area (Å²) in [5.41, 5.74) is 0. The van der Waals surface area contributed by atoms with Gasteiger partial charge in [0.2, 0.25) is 0 Å². The number of hydrogen-bond donors (Lipinski definition) is 0. The summed E-state index contributed by atoms with van der Waals surface area (Å²) in [6.07, 6.45) is 8.44. The van der Waals surface area contributed by atoms with Crippen LogP contribution < -0.4 is 0 Å². The minimum atomic E-state index is -0.694. The maximum absolute atomic E-state index is 2.45. The van der Waals surface area contributed by atoms with Crippen molar-refractivity contribution in [2.24, 2.45) is 0 Å². The zero-order valence-electron chi connectivity index (χ0n) is 25.1. The Morgan fingerprint density at radius 2 is 0.633 bits per heavy atom. The van der Waals surface area contributed by atoms with Crippen LogP contribution in [0.5, 0.6) is 0 Å². The predicted molar refractivity (Wildman–Crippen MR) is 163 cm³/mol. The molecule has 0 atom stereocenters. The van der Waals surface area contributed by atoms with Gasteiger partial charge in [0.05, 0.1) is 0 Å². The lowest BCUT2D eigenvalue weighted by Crippen LogP contribution is -2.18. The molecule has 0 unspecified atom stereocenters. The van der Waals surface area contributed by atoms with Crippen LogP contribution in [-0.2, 0) is 0 Å². The Kier molecular flexibility index (Phi) is 26.0. The van der Waals surface area contributed by atoms with Crippen LogP contribution in [0.2, 0.25) is 103 Å². The van der Waals surface area contributed by atoms with Crippen LogP contribution in [0.25, 0.3) is 0 Å². The Hall–Kier alpha value is 0.868. The van der Waals surface area contributed by atoms with E-state index in [1.165, 1.54) is 62.7 Å². The molecular formula is C26H68Si4. The summed E-state index contributed by atoms with van der Waals surface area (Å²) in [5.74, 6) is 0. The van der Waals surface area contributed by atoms with Crippen LogP contribution in [0.1, 0.15) is 66.2 Å². The van der Waals surface area contributed by atoms with E-state index in [0.29, 0.717) is 0 Å². The van der Waals surface area contributed by atoms with E-state index in [2.05, 4.69) is 106 Å². The monoisotopic (exact) mass is 492 g/mol. The molecule has 30 heavy (non-hydrogen) atoms. The van der Waals surface area contributed by atoms with Crippen LogP contribution >= 0.6 is 0 Å². The second kappa shape index (κ2) is 20.5. The number of hydrogen-bond acceptors (Lipinski definition) is 0. The molecule has 0 aromatic carbocycles. The molecule has 0 aromatic rings. The zero-order chi connectivity index (χ0) is 25.1. The molecule has 4 heteroatoms. The lowest BCUT2D eigenvalue weighted by Gasteiger charge is -2.14. The van der Waals surface area contributed by atoms with Crippen LogP contribution in [-0.4, -0.2) is 32.3 Å². The Labute approximate surface area is 200 Å². The highest BCUT2D eigenvalue weighted by molar-refractivity contribution is 6.77. The van der Waals surface area contributed by atoms with Gasteiger partial charge in [0.15, 0.2) is 0 Å². The van der Waals surface area contributed by atoms with Crippen LogP contribution in [0, 0.1) is 0 Å². The third-order valence-electron chi connectivity index (χ3n) is 4.87. The van der Waals surface area contributed by atoms with Crippen LogP contribution in [0.3, 0.4) is 0 Å². The van der Waals surface area contributed by atoms with Crippen molar-refractivity contribution in [3.05, 3.63) is 0 Å². The largest absolute Gasteiger partial charge is 0.0696 e. The minimum absolute atomic E-state index is 0.631. The highest BCUT2D eigenvalue weighted by Gasteiger charge is 2.11. The maximum atomic E-state index is 2.45. The Balaban J connectivity index is -0.000000152. The van der Waals surface area contributed by atoms with E-state index in [1.54, 1.807) is 0 Å². The number of rotatable bonds is 10. The summed E-state index contributed by atoms with van der Waals surface area (Å²) in [6.45, 7) is 38.1. The molecule has 0 spiro atoms. The summed E-state index contributed by atoms with van der Waals surface area (Å²) >= 11 is 0. The molecule has 0 N–H and O–H groups in total. The number of unbranched alkanes of at least 4 members (excludes halogenated alkanes) is 3. The van der Waals surface area contributed by atoms with Gasteiger partial charge in [-0.15, -0.1) is 0 Å². The summed E-state index contributed by atoms with van der Waals surface area (Å²) in [5, 5.41) is 0. The molecule has 0 aliphatic rings. The van der Waals surface area contributed by atoms with Gasteiger partial charge in [0.1, 0.15) is 0 Å². The topological polar surface area (TPSA) is 0 Å². The van der Waals surface area contributed by atoms with Crippen molar-refractivity contribution < 1.29 is 0 Å². The highest BCUT2D eigenvalue weighted by atomic mass is 28.3. The summed E-state index contributed by atoms with van der Waals surface area (Å²) < 4.78 is 0. The smallest absolute Gasteiger partial charge is 0.0442 e. The van der Waals surface area contributed by atoms with Gasteiger partial charge in [-0.25, -0.2) is 0 Å². The lowest BCUT2D eigenvalue weighted by molar-refractivity contribution is 0.763. The summed E-state index contributed by atoms with van der Waals surface area (Å²) in [7, 11) is -2.66. The van der Waals surface area contributed by atoms with E-state index in [1.807, 2.05) is 0 Å². The highest BCUT2D eigenvalue weighted by Crippen LogP contribution is 2.13. The third-order valence-corrected chi connectivity index (χ3v) is 12.7. The molecule has 188 valence electrons. The van der Waals surface area contributed by atoms with E-state index in [4.69, 9.17) is 0 Å². The molecule has 0 rings (SSSR count). The van der Waals surface area contributed by atoms with Crippen LogP contribution in [0.4, 0.5) is 0 Å². The van der Waals surface area contributed by atoms with Crippen molar-refractivity contribution in [1.82, 2.24) is 0 Å². The summed E-state index contributed by atoms with van der Waals surface area (Å²) in [6, 6.07) is 5.91. The molecule has 0 saturated carbocycles. The zero-order valence-corrected chi connectivity index (χ0v) is 29.1. The Morgan fingerprint density at radius 1 is 0.333 bits per heavy atom. The van der Waals surface area contributed by atoms with Crippen molar-refractivity contribution in [1.29, 1.82) is 0 Å². The van der Waals surface area contributed by atoms with Gasteiger partial charge in [0.25, 0.3) is 0 Å². The average Bonchev–Trinajstić information content (AvgIpc) is 2.51. The molecule has 0 aliphatic carbocycles. The van der Waals surface area contributed by atoms with Gasteiger partial charge >= 0.3 is 0 Å². The van der Waals surface area contributed by atoms with Crippen molar-refractivity contribution in [2.45, 2.75) is 169 Å². The van der Waals surface area contributed by atoms with Gasteiger partial charge in [0, 0.05) is 32.3 Å². The second-order valence-electron chi connectivity index (χ2n) is 13.9. The molecule has 0 nitrogen and oxygen atoms in total. The lowest BCUT2D eigenvalue weighted by atomic mass is 10.3. The summed E-state index contributed by atoms with van der Waals surface area (Å²) in [4.78, 5) is 0. The molecule has 0 radical (unpaired) electrons. The predicted octanol–water partition coefficient (Wildman–Crippen LogP) is 11.7. The second-order valence-corrected chi connectivity index (χ2v) is 36.6. The van der Waals surface area contributed by atoms with Crippen molar-refractivity contribution in [3.8, 4) is 0 Å². The van der Waals surface area contributed by atoms with Crippen molar-refractivity contribution in [3.63, 3.8) is 0 Å². The van der Waals surface area contributed by atoms with Gasteiger partial charge in [-0.3, -0.25) is 0 Å². The standard InChI is InChI=1S/C8H20Si.C7H18Si.C6H16Si.C5H14Si/c1-5-6-7-8-9(2,3)4;1-5-6-7-8(2,3)4;1-5-6-7(2,3)4;1-5-6(2,3)4/h5-8H2,1-4H3;5-7H2,1-4H3;5-6H2,1-4H3;5H2,1-4H3. The first kappa shape index (κ1) is 38.1. The molecule has 0 heterocycles. The van der Waals surface area contributed by atoms with Gasteiger partial charge in [-0.2, -0.15) is 0 Å². The van der Waals surface area contributed by atoms with Crippen molar-refractivity contribution >= 4 is 32.3 Å². The van der Waals surface area contributed by atoms with E-state index >= 15 is 0 Å². The molecule has 0 fully saturated rings. The normalized spacial score (nSPS) is 12.0. The first-order valence-electron chi connectivity index (χ1n) is 13.2. The SMILES string of the molecule is CCCCC[Si](C)(C)C.CCCC[Si](C)(C)C.CCC[Si](C)(C)C.CC[Si](C)(C)C. The third kappa shape index (κ3) is 63.0. The Bertz CT molecular complexity index is 325. The fourth-order valence-corrected chi connectivity index (χ4v) is 6.59. The van der Waals surface area contributed by atoms with E-state index in [9.17, 15) is 0 Å².